The predicted octanol–water partition coefficient (Wildman–Crippen LogP) is 2.06. The lowest BCUT2D eigenvalue weighted by Crippen LogP contribution is -2.34. The first kappa shape index (κ1) is 17.7. The van der Waals surface area contributed by atoms with Crippen molar-refractivity contribution in [2.45, 2.75) is 33.7 Å². The van der Waals surface area contributed by atoms with Crippen molar-refractivity contribution in [3.05, 3.63) is 35.4 Å². The number of nitrogens with one attached hydrogen (secondary N) is 1. The van der Waals surface area contributed by atoms with Crippen LogP contribution in [0.5, 0.6) is 0 Å². The normalized spacial score (nSPS) is 13.4. The number of benzene rings is 1. The molecular formula is C16H23NO3S. The Kier molecular flexibility index (Phi) is 5.97. The van der Waals surface area contributed by atoms with Crippen molar-refractivity contribution in [2.24, 2.45) is 5.41 Å². The molecule has 2 N–H and O–H groups in total. The van der Waals surface area contributed by atoms with Crippen LogP contribution < -0.4 is 4.72 Å². The fourth-order valence-electron chi connectivity index (χ4n) is 1.98. The summed E-state index contributed by atoms with van der Waals surface area (Å²) in [5.41, 5.74) is 1.31. The lowest BCUT2D eigenvalue weighted by Gasteiger charge is -2.21. The van der Waals surface area contributed by atoms with Gasteiger partial charge in [-0.2, -0.15) is 0 Å². The van der Waals surface area contributed by atoms with Crippen LogP contribution in [-0.4, -0.2) is 25.9 Å². The van der Waals surface area contributed by atoms with E-state index in [-0.39, 0.29) is 23.8 Å². The van der Waals surface area contributed by atoms with Crippen molar-refractivity contribution < 1.29 is 13.5 Å². The highest BCUT2D eigenvalue weighted by molar-refractivity contribution is 7.89. The molecule has 0 fully saturated rings. The first-order chi connectivity index (χ1) is 9.63. The first-order valence-electron chi connectivity index (χ1n) is 6.83. The molecule has 0 spiro atoms. The maximum Gasteiger partial charge on any atom is 0.212 e. The van der Waals surface area contributed by atoms with Crippen LogP contribution in [0, 0.1) is 17.3 Å². The largest absolute Gasteiger partial charge is 0.384 e. The van der Waals surface area contributed by atoms with Gasteiger partial charge in [0.2, 0.25) is 10.0 Å². The van der Waals surface area contributed by atoms with Crippen LogP contribution in [0.1, 0.15) is 44.9 Å². The van der Waals surface area contributed by atoms with Crippen LogP contribution in [0.3, 0.4) is 0 Å². The molecule has 0 bridgehead atoms. The zero-order valence-corrected chi connectivity index (χ0v) is 13.8. The Morgan fingerprint density at radius 2 is 2.00 bits per heavy atom. The third-order valence-corrected chi connectivity index (χ3v) is 4.64. The van der Waals surface area contributed by atoms with Crippen LogP contribution >= 0.6 is 0 Å². The Morgan fingerprint density at radius 3 is 2.57 bits per heavy atom. The van der Waals surface area contributed by atoms with Crippen molar-refractivity contribution in [3.8, 4) is 11.8 Å². The molecule has 0 radical (unpaired) electrons. The van der Waals surface area contributed by atoms with Crippen molar-refractivity contribution in [2.75, 3.05) is 12.4 Å². The molecule has 0 aliphatic heterocycles. The van der Waals surface area contributed by atoms with Gasteiger partial charge in [0.15, 0.2) is 0 Å². The fourth-order valence-corrected chi connectivity index (χ4v) is 3.87. The van der Waals surface area contributed by atoms with Crippen molar-refractivity contribution in [1.82, 2.24) is 4.72 Å². The second-order valence-corrected chi connectivity index (χ2v) is 8.00. The molecule has 21 heavy (non-hydrogen) atoms. The SMILES string of the molecule is CC(NS(=O)(=O)CC(C)(C)C)c1cccc(C#CCO)c1. The summed E-state index contributed by atoms with van der Waals surface area (Å²) in [7, 11) is -3.34. The topological polar surface area (TPSA) is 66.4 Å². The Morgan fingerprint density at radius 1 is 1.33 bits per heavy atom. The minimum Gasteiger partial charge on any atom is -0.384 e. The average Bonchev–Trinajstić information content (AvgIpc) is 2.33. The van der Waals surface area contributed by atoms with E-state index >= 15 is 0 Å². The second kappa shape index (κ2) is 7.08. The molecule has 4 nitrogen and oxygen atoms in total. The van der Waals surface area contributed by atoms with Crippen LogP contribution in [-0.2, 0) is 10.0 Å². The number of hydrogen-bond donors (Lipinski definition) is 2. The minimum atomic E-state index is -3.34. The van der Waals surface area contributed by atoms with E-state index < -0.39 is 10.0 Å². The van der Waals surface area contributed by atoms with Gasteiger partial charge in [0.05, 0.1) is 5.75 Å². The van der Waals surface area contributed by atoms with E-state index in [2.05, 4.69) is 16.6 Å². The molecule has 0 saturated carbocycles. The molecular weight excluding hydrogens is 286 g/mol. The summed E-state index contributed by atoms with van der Waals surface area (Å²) >= 11 is 0. The molecule has 5 heteroatoms. The fraction of sp³-hybridized carbons (Fsp3) is 0.500. The lowest BCUT2D eigenvalue weighted by atomic mass is 10.0. The third kappa shape index (κ3) is 6.76. The molecule has 0 saturated heterocycles. The highest BCUT2D eigenvalue weighted by atomic mass is 32.2. The van der Waals surface area contributed by atoms with Gasteiger partial charge >= 0.3 is 0 Å². The minimum absolute atomic E-state index is 0.0777. The molecule has 0 heterocycles. The summed E-state index contributed by atoms with van der Waals surface area (Å²) in [5, 5.41) is 8.70. The smallest absolute Gasteiger partial charge is 0.212 e. The molecule has 1 rings (SSSR count). The standard InChI is InChI=1S/C16H23NO3S/c1-13(17-21(19,20)12-16(2,3)4)15-9-5-7-14(11-15)8-6-10-18/h5,7,9,11,13,17-18H,10,12H2,1-4H3. The molecule has 1 atom stereocenters. The molecule has 0 amide bonds. The van der Waals surface area contributed by atoms with Crippen LogP contribution in [0.2, 0.25) is 0 Å². The molecule has 1 aromatic rings. The van der Waals surface area contributed by atoms with Crippen LogP contribution in [0.4, 0.5) is 0 Å². The van der Waals surface area contributed by atoms with Gasteiger partial charge in [-0.1, -0.05) is 44.7 Å². The van der Waals surface area contributed by atoms with E-state index in [1.165, 1.54) is 0 Å². The van der Waals surface area contributed by atoms with Gasteiger partial charge in [-0.25, -0.2) is 13.1 Å². The van der Waals surface area contributed by atoms with Gasteiger partial charge in [0.1, 0.15) is 6.61 Å². The Labute approximate surface area is 127 Å². The lowest BCUT2D eigenvalue weighted by molar-refractivity contribution is 0.350. The Hall–Kier alpha value is -1.35. The van der Waals surface area contributed by atoms with Gasteiger partial charge in [-0.05, 0) is 30.0 Å². The zero-order chi connectivity index (χ0) is 16.1. The number of aliphatic hydroxyl groups excluding tert-OH is 1. The van der Waals surface area contributed by atoms with Crippen molar-refractivity contribution in [3.63, 3.8) is 0 Å². The van der Waals surface area contributed by atoms with E-state index in [9.17, 15) is 8.42 Å². The summed E-state index contributed by atoms with van der Waals surface area (Å²) in [6, 6.07) is 7.00. The number of rotatable bonds is 4. The van der Waals surface area contributed by atoms with E-state index in [0.717, 1.165) is 11.1 Å². The highest BCUT2D eigenvalue weighted by Gasteiger charge is 2.23. The highest BCUT2D eigenvalue weighted by Crippen LogP contribution is 2.19. The number of aliphatic hydroxyl groups is 1. The maximum atomic E-state index is 12.1. The molecule has 1 aromatic carbocycles. The van der Waals surface area contributed by atoms with Crippen molar-refractivity contribution in [1.29, 1.82) is 0 Å². The van der Waals surface area contributed by atoms with Crippen LogP contribution in [0.15, 0.2) is 24.3 Å². The predicted molar refractivity (Wildman–Crippen MR) is 85.2 cm³/mol. The Balaban J connectivity index is 2.87. The summed E-state index contributed by atoms with van der Waals surface area (Å²) in [6.45, 7) is 7.28. The van der Waals surface area contributed by atoms with Gasteiger partial charge < -0.3 is 5.11 Å². The van der Waals surface area contributed by atoms with Gasteiger partial charge in [-0.3, -0.25) is 0 Å². The molecule has 0 aromatic heterocycles. The maximum absolute atomic E-state index is 12.1. The molecule has 0 aliphatic carbocycles. The summed E-state index contributed by atoms with van der Waals surface area (Å²) < 4.78 is 26.9. The van der Waals surface area contributed by atoms with Crippen LogP contribution in [0.25, 0.3) is 0 Å². The van der Waals surface area contributed by atoms with Gasteiger partial charge in [-0.15, -0.1) is 0 Å². The third-order valence-electron chi connectivity index (χ3n) is 2.68. The quantitative estimate of drug-likeness (QED) is 0.837. The second-order valence-electron chi connectivity index (χ2n) is 6.24. The summed E-state index contributed by atoms with van der Waals surface area (Å²) in [4.78, 5) is 0. The van der Waals surface area contributed by atoms with Gasteiger partial charge in [0.25, 0.3) is 0 Å². The molecule has 116 valence electrons. The number of sulfonamides is 1. The Bertz CT molecular complexity index is 633. The monoisotopic (exact) mass is 309 g/mol. The van der Waals surface area contributed by atoms with Crippen molar-refractivity contribution >= 4 is 10.0 Å². The summed E-state index contributed by atoms with van der Waals surface area (Å²) in [5.74, 6) is 5.47. The van der Waals surface area contributed by atoms with E-state index in [1.807, 2.05) is 45.0 Å². The first-order valence-corrected chi connectivity index (χ1v) is 8.48. The van der Waals surface area contributed by atoms with E-state index in [0.29, 0.717) is 0 Å². The molecule has 0 aliphatic rings. The number of hydrogen-bond acceptors (Lipinski definition) is 3. The van der Waals surface area contributed by atoms with E-state index in [1.54, 1.807) is 6.92 Å². The van der Waals surface area contributed by atoms with E-state index in [4.69, 9.17) is 5.11 Å². The summed E-state index contributed by atoms with van der Waals surface area (Å²) in [6.07, 6.45) is 0. The molecule has 1 unspecified atom stereocenters. The zero-order valence-electron chi connectivity index (χ0n) is 13.0. The van der Waals surface area contributed by atoms with Gasteiger partial charge in [0, 0.05) is 11.6 Å². The average molecular weight is 309 g/mol.